The third kappa shape index (κ3) is 29.1. The van der Waals surface area contributed by atoms with Gasteiger partial charge in [0.25, 0.3) is 0 Å². The SMILES string of the molecule is CCCCCCCCCCCCCCCCCCCCCC1Nc2c(cccc2S(=O)(=O)[O-])N1Cc1ccccc1.CCCCCCCCCCCCCCCCCCCCCC1Nc2c(cccc2S(=O)(=O)[O-])N1Cc1ccccc1.[Ca+2]. The quantitative estimate of drug-likeness (QED) is 0.0249. The van der Waals surface area contributed by atoms with Gasteiger partial charge >= 0.3 is 37.7 Å². The van der Waals surface area contributed by atoms with Crippen LogP contribution in [-0.4, -0.2) is 76.0 Å². The minimum Gasteiger partial charge on any atom is -0.744 e. The Morgan fingerprint density at radius 3 is 0.819 bits per heavy atom. The monoisotopic (exact) mass is 1210 g/mol. The van der Waals surface area contributed by atoms with Crippen LogP contribution in [0, 0.1) is 0 Å². The summed E-state index contributed by atoms with van der Waals surface area (Å²) in [4.78, 5) is 4.13. The number of benzene rings is 4. The summed E-state index contributed by atoms with van der Waals surface area (Å²) in [5.41, 5.74) is 4.84. The molecule has 10 nitrogen and oxygen atoms in total. The third-order valence-electron chi connectivity index (χ3n) is 17.1. The molecule has 4 aromatic carbocycles. The Bertz CT molecular complexity index is 2330. The van der Waals surface area contributed by atoms with E-state index in [1.54, 1.807) is 12.1 Å². The average Bonchev–Trinajstić information content (AvgIpc) is 2.69. The summed E-state index contributed by atoms with van der Waals surface area (Å²) in [5.74, 6) is 0. The summed E-state index contributed by atoms with van der Waals surface area (Å²) >= 11 is 0. The predicted molar refractivity (Wildman–Crippen MR) is 351 cm³/mol. The van der Waals surface area contributed by atoms with Gasteiger partial charge in [-0.2, -0.15) is 0 Å². The number of para-hydroxylation sites is 2. The molecule has 460 valence electrons. The second-order valence-corrected chi connectivity index (χ2v) is 26.8. The summed E-state index contributed by atoms with van der Waals surface area (Å²) < 4.78 is 71.4. The van der Waals surface area contributed by atoms with Gasteiger partial charge in [0.15, 0.2) is 0 Å². The minimum atomic E-state index is -4.54. The fraction of sp³-hybridized carbons (Fsp3) is 0.657. The van der Waals surface area contributed by atoms with E-state index in [0.717, 1.165) is 48.2 Å². The van der Waals surface area contributed by atoms with E-state index < -0.39 is 20.2 Å². The van der Waals surface area contributed by atoms with Crippen LogP contribution in [0.2, 0.25) is 0 Å². The van der Waals surface area contributed by atoms with Crippen LogP contribution in [0.25, 0.3) is 0 Å². The summed E-state index contributed by atoms with van der Waals surface area (Å²) in [6.45, 7) is 5.91. The molecule has 0 saturated carbocycles. The van der Waals surface area contributed by atoms with Crippen molar-refractivity contribution in [3.8, 4) is 0 Å². The molecule has 0 bridgehead atoms. The fourth-order valence-corrected chi connectivity index (χ4v) is 13.6. The van der Waals surface area contributed by atoms with Gasteiger partial charge in [-0.3, -0.25) is 0 Å². The van der Waals surface area contributed by atoms with Crippen LogP contribution >= 0.6 is 0 Å². The van der Waals surface area contributed by atoms with E-state index in [9.17, 15) is 25.9 Å². The van der Waals surface area contributed by atoms with E-state index in [0.29, 0.717) is 24.5 Å². The van der Waals surface area contributed by atoms with Crippen molar-refractivity contribution in [3.05, 3.63) is 108 Å². The van der Waals surface area contributed by atoms with Gasteiger partial charge in [-0.1, -0.05) is 318 Å². The first-order valence-corrected chi connectivity index (χ1v) is 36.1. The van der Waals surface area contributed by atoms with Gasteiger partial charge in [0.2, 0.25) is 0 Å². The molecule has 2 N–H and O–H groups in total. The largest absolute Gasteiger partial charge is 2.00 e. The molecule has 6 rings (SSSR count). The Labute approximate surface area is 536 Å². The van der Waals surface area contributed by atoms with Crippen molar-refractivity contribution in [1.29, 1.82) is 0 Å². The zero-order chi connectivity index (χ0) is 58.4. The molecule has 0 aliphatic carbocycles. The normalized spacial score (nSPS) is 14.6. The molecule has 0 radical (unpaired) electrons. The van der Waals surface area contributed by atoms with Crippen LogP contribution in [0.3, 0.4) is 0 Å². The van der Waals surface area contributed by atoms with E-state index in [4.69, 9.17) is 0 Å². The van der Waals surface area contributed by atoms with Crippen molar-refractivity contribution >= 4 is 80.7 Å². The molecule has 0 spiro atoms. The van der Waals surface area contributed by atoms with E-state index in [-0.39, 0.29) is 59.9 Å². The molecule has 2 heterocycles. The topological polar surface area (TPSA) is 145 Å². The number of rotatable bonds is 46. The first-order valence-electron chi connectivity index (χ1n) is 33.3. The molecular formula is C70H110CaN4O6S2. The molecule has 2 aliphatic rings. The standard InChI is InChI=1S/2C35H56N2O3S.Ca/c2*1-2-3-4-5-6-7-8-9-10-11-12-13-14-15-16-17-18-19-23-29-34-36-35-32(27-24-28-33(35)41(38,39)40)37(34)30-31-25-21-20-22-26-31;/h2*20-22,24-28,34,36H,2-19,23,29-30H2,1H3,(H,38,39,40);/q;;+2/p-2. The maximum Gasteiger partial charge on any atom is 2.00 e. The van der Waals surface area contributed by atoms with Crippen molar-refractivity contribution in [2.45, 2.75) is 306 Å². The molecular weight excluding hydrogens is 1100 g/mol. The first-order chi connectivity index (χ1) is 40.0. The van der Waals surface area contributed by atoms with Gasteiger partial charge in [0.1, 0.15) is 20.2 Å². The Morgan fingerprint density at radius 1 is 0.337 bits per heavy atom. The molecule has 2 aliphatic heterocycles. The molecule has 0 fully saturated rings. The second kappa shape index (κ2) is 43.7. The van der Waals surface area contributed by atoms with Crippen molar-refractivity contribution in [2.24, 2.45) is 0 Å². The van der Waals surface area contributed by atoms with Gasteiger partial charge in [-0.05, 0) is 61.1 Å². The molecule has 83 heavy (non-hydrogen) atoms. The van der Waals surface area contributed by atoms with Crippen LogP contribution in [0.1, 0.15) is 282 Å². The van der Waals surface area contributed by atoms with E-state index >= 15 is 0 Å². The van der Waals surface area contributed by atoms with Crippen LogP contribution in [0.5, 0.6) is 0 Å². The molecule has 2 unspecified atom stereocenters. The Kier molecular flexibility index (Phi) is 38.3. The number of nitrogens with zero attached hydrogens (tertiary/aromatic N) is 2. The summed E-state index contributed by atoms with van der Waals surface area (Å²) in [6.07, 6.45) is 53.5. The Balaban J connectivity index is 0.000000352. The van der Waals surface area contributed by atoms with Crippen molar-refractivity contribution in [2.75, 3.05) is 20.4 Å². The summed E-state index contributed by atoms with van der Waals surface area (Å²) in [7, 11) is -9.08. The molecule has 4 aromatic rings. The van der Waals surface area contributed by atoms with Gasteiger partial charge in [-0.15, -0.1) is 0 Å². The maximum absolute atomic E-state index is 11.9. The minimum absolute atomic E-state index is 0. The second-order valence-electron chi connectivity index (χ2n) is 24.1. The molecule has 0 saturated heterocycles. The Morgan fingerprint density at radius 2 is 0.578 bits per heavy atom. The number of hydrogen-bond donors (Lipinski definition) is 2. The fourth-order valence-electron chi connectivity index (χ4n) is 12.3. The number of unbranched alkanes of at least 4 members (excludes halogenated alkanes) is 36. The van der Waals surface area contributed by atoms with Gasteiger partial charge in [0.05, 0.1) is 44.9 Å². The molecule has 2 atom stereocenters. The molecule has 0 aromatic heterocycles. The number of anilines is 4. The van der Waals surface area contributed by atoms with Crippen molar-refractivity contribution < 1.29 is 25.9 Å². The number of hydrogen-bond acceptors (Lipinski definition) is 10. The van der Waals surface area contributed by atoms with E-state index in [2.05, 4.69) is 58.5 Å². The maximum atomic E-state index is 11.9. The van der Waals surface area contributed by atoms with Crippen LogP contribution in [0.4, 0.5) is 22.7 Å². The van der Waals surface area contributed by atoms with Crippen LogP contribution < -0.4 is 20.4 Å². The van der Waals surface area contributed by atoms with Crippen molar-refractivity contribution in [1.82, 2.24) is 0 Å². The smallest absolute Gasteiger partial charge is 0.744 e. The van der Waals surface area contributed by atoms with Crippen LogP contribution in [-0.2, 0) is 33.3 Å². The zero-order valence-corrected chi connectivity index (χ0v) is 55.8. The first kappa shape index (κ1) is 72.6. The number of nitrogens with one attached hydrogen (secondary N) is 2. The molecule has 13 heteroatoms. The number of fused-ring (bicyclic) bond motifs is 2. The zero-order valence-electron chi connectivity index (χ0n) is 52.0. The average molecular weight is 1210 g/mol. The summed E-state index contributed by atoms with van der Waals surface area (Å²) in [5, 5.41) is 6.77. The van der Waals surface area contributed by atoms with Crippen molar-refractivity contribution in [3.63, 3.8) is 0 Å². The summed E-state index contributed by atoms with van der Waals surface area (Å²) in [6, 6.07) is 30.4. The van der Waals surface area contributed by atoms with Gasteiger partial charge < -0.3 is 29.5 Å². The van der Waals surface area contributed by atoms with Gasteiger partial charge in [0, 0.05) is 13.1 Å². The third-order valence-corrected chi connectivity index (χ3v) is 18.9. The Hall–Kier alpha value is -2.84. The van der Waals surface area contributed by atoms with E-state index in [1.165, 1.54) is 243 Å². The van der Waals surface area contributed by atoms with Crippen LogP contribution in [0.15, 0.2) is 107 Å². The predicted octanol–water partition coefficient (Wildman–Crippen LogP) is 20.0. The van der Waals surface area contributed by atoms with Gasteiger partial charge in [-0.25, -0.2) is 16.8 Å². The molecule has 0 amide bonds. The van der Waals surface area contributed by atoms with E-state index in [1.807, 2.05) is 48.5 Å².